The van der Waals surface area contributed by atoms with Crippen LogP contribution in [-0.2, 0) is 14.8 Å². The molecule has 0 bridgehead atoms. The highest BCUT2D eigenvalue weighted by atomic mass is 32.2. The summed E-state index contributed by atoms with van der Waals surface area (Å²) >= 11 is 0. The van der Waals surface area contributed by atoms with Crippen LogP contribution >= 0.6 is 0 Å². The lowest BCUT2D eigenvalue weighted by molar-refractivity contribution is 0.101. The van der Waals surface area contributed by atoms with Gasteiger partial charge in [0.1, 0.15) is 0 Å². The summed E-state index contributed by atoms with van der Waals surface area (Å²) < 4.78 is 32.5. The molecule has 0 radical (unpaired) electrons. The molecule has 5 nitrogen and oxygen atoms in total. The number of methoxy groups -OCH3 is 1. The number of carbonyl (C=O) groups is 1. The SMILES string of the molecule is COC1CCC(NS(=O)(=O)c2cccc(C(C)=O)c2)C1. The fraction of sp³-hybridized carbons (Fsp3) is 0.500. The van der Waals surface area contributed by atoms with E-state index in [1.54, 1.807) is 19.2 Å². The molecule has 1 fully saturated rings. The summed E-state index contributed by atoms with van der Waals surface area (Å²) in [4.78, 5) is 11.4. The van der Waals surface area contributed by atoms with Gasteiger partial charge >= 0.3 is 0 Å². The fourth-order valence-corrected chi connectivity index (χ4v) is 3.76. The second-order valence-corrected chi connectivity index (χ2v) is 6.79. The van der Waals surface area contributed by atoms with E-state index in [-0.39, 0.29) is 22.8 Å². The average molecular weight is 297 g/mol. The van der Waals surface area contributed by atoms with Crippen molar-refractivity contribution in [2.24, 2.45) is 0 Å². The number of ketones is 1. The van der Waals surface area contributed by atoms with Crippen molar-refractivity contribution in [3.05, 3.63) is 29.8 Å². The molecular weight excluding hydrogens is 278 g/mol. The summed E-state index contributed by atoms with van der Waals surface area (Å²) in [6.07, 6.45) is 2.43. The van der Waals surface area contributed by atoms with E-state index < -0.39 is 10.0 Å². The maximum atomic E-state index is 12.3. The quantitative estimate of drug-likeness (QED) is 0.840. The van der Waals surface area contributed by atoms with Gasteiger partial charge in [0.2, 0.25) is 10.0 Å². The minimum absolute atomic E-state index is 0.106. The zero-order valence-corrected chi connectivity index (χ0v) is 12.4. The minimum Gasteiger partial charge on any atom is -0.381 e. The average Bonchev–Trinajstić information content (AvgIpc) is 2.86. The maximum Gasteiger partial charge on any atom is 0.240 e. The predicted octanol–water partition coefficient (Wildman–Crippen LogP) is 1.73. The second-order valence-electron chi connectivity index (χ2n) is 5.07. The third-order valence-corrected chi connectivity index (χ3v) is 5.11. The van der Waals surface area contributed by atoms with E-state index in [4.69, 9.17) is 4.74 Å². The Labute approximate surface area is 119 Å². The first-order chi connectivity index (χ1) is 9.42. The zero-order valence-electron chi connectivity index (χ0n) is 11.6. The van der Waals surface area contributed by atoms with Crippen molar-refractivity contribution < 1.29 is 17.9 Å². The molecule has 6 heteroatoms. The largest absolute Gasteiger partial charge is 0.381 e. The van der Waals surface area contributed by atoms with Crippen molar-refractivity contribution in [1.29, 1.82) is 0 Å². The van der Waals surface area contributed by atoms with E-state index in [1.165, 1.54) is 19.1 Å². The van der Waals surface area contributed by atoms with Gasteiger partial charge in [-0.05, 0) is 38.3 Å². The molecule has 1 aromatic rings. The number of hydrogen-bond donors (Lipinski definition) is 1. The van der Waals surface area contributed by atoms with E-state index in [1.807, 2.05) is 0 Å². The Bertz CT molecular complexity index is 597. The highest BCUT2D eigenvalue weighted by Crippen LogP contribution is 2.23. The number of carbonyl (C=O) groups excluding carboxylic acids is 1. The molecule has 1 aromatic carbocycles. The van der Waals surface area contributed by atoms with Gasteiger partial charge in [-0.1, -0.05) is 12.1 Å². The van der Waals surface area contributed by atoms with Gasteiger partial charge in [-0.25, -0.2) is 13.1 Å². The van der Waals surface area contributed by atoms with Gasteiger partial charge < -0.3 is 4.74 Å². The molecule has 0 amide bonds. The van der Waals surface area contributed by atoms with Crippen LogP contribution < -0.4 is 4.72 Å². The Morgan fingerprint density at radius 3 is 2.70 bits per heavy atom. The standard InChI is InChI=1S/C14H19NO4S/c1-10(16)11-4-3-5-14(8-11)20(17,18)15-12-6-7-13(9-12)19-2/h3-5,8,12-13,15H,6-7,9H2,1-2H3. The van der Waals surface area contributed by atoms with Crippen LogP contribution in [-0.4, -0.2) is 33.5 Å². The van der Waals surface area contributed by atoms with Crippen molar-refractivity contribution in [1.82, 2.24) is 4.72 Å². The smallest absolute Gasteiger partial charge is 0.240 e. The summed E-state index contributed by atoms with van der Waals surface area (Å²) in [5.74, 6) is -0.151. The van der Waals surface area contributed by atoms with E-state index in [0.29, 0.717) is 12.0 Å². The Hall–Kier alpha value is -1.24. The van der Waals surface area contributed by atoms with Crippen LogP contribution in [0.4, 0.5) is 0 Å². The highest BCUT2D eigenvalue weighted by molar-refractivity contribution is 7.89. The van der Waals surface area contributed by atoms with Crippen molar-refractivity contribution in [3.63, 3.8) is 0 Å². The van der Waals surface area contributed by atoms with Crippen LogP contribution in [0.1, 0.15) is 36.5 Å². The Balaban J connectivity index is 2.14. The topological polar surface area (TPSA) is 72.5 Å². The monoisotopic (exact) mass is 297 g/mol. The second kappa shape index (κ2) is 6.03. The molecule has 0 aliphatic heterocycles. The summed E-state index contributed by atoms with van der Waals surface area (Å²) in [5.41, 5.74) is 0.397. The molecule has 0 heterocycles. The summed E-state index contributed by atoms with van der Waals surface area (Å²) in [7, 11) is -1.95. The Morgan fingerprint density at radius 1 is 1.35 bits per heavy atom. The lowest BCUT2D eigenvalue weighted by atomic mass is 10.2. The number of nitrogens with one attached hydrogen (secondary N) is 1. The Morgan fingerprint density at radius 2 is 2.10 bits per heavy atom. The molecule has 0 saturated heterocycles. The molecule has 1 aliphatic carbocycles. The van der Waals surface area contributed by atoms with Crippen LogP contribution in [0, 0.1) is 0 Å². The fourth-order valence-electron chi connectivity index (χ4n) is 2.43. The zero-order chi connectivity index (χ0) is 14.8. The molecule has 2 unspecified atom stereocenters. The van der Waals surface area contributed by atoms with Gasteiger partial charge in [-0.2, -0.15) is 0 Å². The lowest BCUT2D eigenvalue weighted by Gasteiger charge is -2.13. The van der Waals surface area contributed by atoms with Crippen LogP contribution in [0.25, 0.3) is 0 Å². The maximum absolute atomic E-state index is 12.3. The number of sulfonamides is 1. The molecule has 1 N–H and O–H groups in total. The molecule has 2 atom stereocenters. The van der Waals surface area contributed by atoms with Gasteiger partial charge in [0.15, 0.2) is 5.78 Å². The molecule has 110 valence electrons. The number of Topliss-reactive ketones (excluding diaryl/α,β-unsaturated/α-hetero) is 1. The molecule has 20 heavy (non-hydrogen) atoms. The van der Waals surface area contributed by atoms with E-state index in [0.717, 1.165) is 12.8 Å². The van der Waals surface area contributed by atoms with Gasteiger partial charge in [0, 0.05) is 18.7 Å². The van der Waals surface area contributed by atoms with Gasteiger partial charge in [-0.15, -0.1) is 0 Å². The molecular formula is C14H19NO4S. The highest BCUT2D eigenvalue weighted by Gasteiger charge is 2.28. The van der Waals surface area contributed by atoms with E-state index in [2.05, 4.69) is 4.72 Å². The molecule has 2 rings (SSSR count). The third-order valence-electron chi connectivity index (χ3n) is 3.59. The van der Waals surface area contributed by atoms with Gasteiger partial charge in [0.25, 0.3) is 0 Å². The summed E-state index contributed by atoms with van der Waals surface area (Å²) in [5, 5.41) is 0. The molecule has 0 spiro atoms. The predicted molar refractivity (Wildman–Crippen MR) is 75.2 cm³/mol. The number of benzene rings is 1. The lowest BCUT2D eigenvalue weighted by Crippen LogP contribution is -2.33. The van der Waals surface area contributed by atoms with Crippen LogP contribution in [0.3, 0.4) is 0 Å². The first-order valence-corrected chi connectivity index (χ1v) is 8.07. The van der Waals surface area contributed by atoms with E-state index >= 15 is 0 Å². The van der Waals surface area contributed by atoms with Gasteiger partial charge in [-0.3, -0.25) is 4.79 Å². The first-order valence-electron chi connectivity index (χ1n) is 6.58. The van der Waals surface area contributed by atoms with Crippen molar-refractivity contribution in [2.45, 2.75) is 43.2 Å². The number of hydrogen-bond acceptors (Lipinski definition) is 4. The van der Waals surface area contributed by atoms with Crippen LogP contribution in [0.5, 0.6) is 0 Å². The molecule has 0 aromatic heterocycles. The van der Waals surface area contributed by atoms with Crippen molar-refractivity contribution >= 4 is 15.8 Å². The van der Waals surface area contributed by atoms with Crippen molar-refractivity contribution in [2.75, 3.05) is 7.11 Å². The minimum atomic E-state index is -3.59. The number of ether oxygens (including phenoxy) is 1. The van der Waals surface area contributed by atoms with Gasteiger partial charge in [0.05, 0.1) is 11.0 Å². The Kier molecular flexibility index (Phi) is 4.57. The number of rotatable bonds is 5. The first kappa shape index (κ1) is 15.2. The van der Waals surface area contributed by atoms with Crippen LogP contribution in [0.2, 0.25) is 0 Å². The normalized spacial score (nSPS) is 22.9. The molecule has 1 saturated carbocycles. The third kappa shape index (κ3) is 3.45. The summed E-state index contributed by atoms with van der Waals surface area (Å²) in [6.45, 7) is 1.42. The van der Waals surface area contributed by atoms with Crippen molar-refractivity contribution in [3.8, 4) is 0 Å². The molecule has 1 aliphatic rings. The van der Waals surface area contributed by atoms with E-state index in [9.17, 15) is 13.2 Å². The summed E-state index contributed by atoms with van der Waals surface area (Å²) in [6, 6.07) is 5.99. The van der Waals surface area contributed by atoms with Crippen LogP contribution in [0.15, 0.2) is 29.2 Å².